The number of rotatable bonds is 0. The van der Waals surface area contributed by atoms with Crippen molar-refractivity contribution in [2.24, 2.45) is 5.73 Å². The van der Waals surface area contributed by atoms with Crippen molar-refractivity contribution in [2.45, 2.75) is 0 Å². The molecule has 0 aliphatic carbocycles. The predicted octanol–water partition coefficient (Wildman–Crippen LogP) is 1.52. The molecule has 0 spiro atoms. The zero-order valence-electron chi connectivity index (χ0n) is 6.84. The van der Waals surface area contributed by atoms with Crippen molar-refractivity contribution in [2.75, 3.05) is 6.54 Å². The molecule has 64 valence electrons. The minimum Gasteiger partial charge on any atom is -0.320 e. The first kappa shape index (κ1) is 9.61. The molecule has 1 rings (SSSR count). The molecule has 2 N–H and O–H groups in total. The maximum Gasteiger partial charge on any atom is 0.101 e. The molecule has 0 radical (unpaired) electrons. The number of nitrogens with two attached hydrogens (primary N) is 1. The summed E-state index contributed by atoms with van der Waals surface area (Å²) in [5.74, 6) is 5.53. The molecule has 1 aromatic carbocycles. The van der Waals surface area contributed by atoms with E-state index < -0.39 is 0 Å². The van der Waals surface area contributed by atoms with Crippen molar-refractivity contribution in [3.63, 3.8) is 0 Å². The SMILES string of the molecule is N#Cc1ccc(C#CCN)cc1Cl. The smallest absolute Gasteiger partial charge is 0.101 e. The first-order chi connectivity index (χ1) is 6.27. The number of hydrogen-bond acceptors (Lipinski definition) is 2. The summed E-state index contributed by atoms with van der Waals surface area (Å²) in [4.78, 5) is 0. The van der Waals surface area contributed by atoms with Crippen molar-refractivity contribution in [1.82, 2.24) is 0 Å². The highest BCUT2D eigenvalue weighted by molar-refractivity contribution is 6.31. The van der Waals surface area contributed by atoms with Crippen LogP contribution in [0.15, 0.2) is 18.2 Å². The monoisotopic (exact) mass is 190 g/mol. The van der Waals surface area contributed by atoms with Crippen LogP contribution in [-0.2, 0) is 0 Å². The van der Waals surface area contributed by atoms with Crippen LogP contribution >= 0.6 is 11.6 Å². The second-order valence-electron chi connectivity index (χ2n) is 2.31. The summed E-state index contributed by atoms with van der Waals surface area (Å²) in [5.41, 5.74) is 6.44. The van der Waals surface area contributed by atoms with Gasteiger partial charge in [-0.1, -0.05) is 23.4 Å². The van der Waals surface area contributed by atoms with Gasteiger partial charge in [-0.05, 0) is 18.2 Å². The van der Waals surface area contributed by atoms with Gasteiger partial charge in [0.05, 0.1) is 17.1 Å². The Balaban J connectivity index is 3.04. The van der Waals surface area contributed by atoms with Gasteiger partial charge in [-0.2, -0.15) is 5.26 Å². The van der Waals surface area contributed by atoms with E-state index in [0.29, 0.717) is 17.1 Å². The Labute approximate surface area is 81.9 Å². The minimum atomic E-state index is 0.317. The fourth-order valence-corrected chi connectivity index (χ4v) is 1.06. The molecule has 0 aliphatic heterocycles. The van der Waals surface area contributed by atoms with Gasteiger partial charge in [-0.25, -0.2) is 0 Å². The lowest BCUT2D eigenvalue weighted by Crippen LogP contribution is -1.93. The summed E-state index contributed by atoms with van der Waals surface area (Å²) >= 11 is 5.79. The summed E-state index contributed by atoms with van der Waals surface area (Å²) in [7, 11) is 0. The van der Waals surface area contributed by atoms with Gasteiger partial charge in [-0.3, -0.25) is 0 Å². The average molecular weight is 191 g/mol. The number of hydrogen-bond donors (Lipinski definition) is 1. The third-order valence-corrected chi connectivity index (χ3v) is 1.74. The Hall–Kier alpha value is -1.48. The number of halogens is 1. The minimum absolute atomic E-state index is 0.317. The number of benzene rings is 1. The van der Waals surface area contributed by atoms with Crippen molar-refractivity contribution in [3.05, 3.63) is 34.3 Å². The summed E-state index contributed by atoms with van der Waals surface area (Å²) in [6.07, 6.45) is 0. The molecule has 0 aliphatic rings. The van der Waals surface area contributed by atoms with E-state index in [1.807, 2.05) is 6.07 Å². The van der Waals surface area contributed by atoms with Crippen molar-refractivity contribution in [1.29, 1.82) is 5.26 Å². The normalized spacial score (nSPS) is 8.38. The van der Waals surface area contributed by atoms with Crippen LogP contribution in [0.3, 0.4) is 0 Å². The van der Waals surface area contributed by atoms with Crippen LogP contribution in [-0.4, -0.2) is 6.54 Å². The standard InChI is InChI=1S/C10H7ClN2/c11-10-6-8(2-1-5-12)3-4-9(10)7-13/h3-4,6H,5,12H2. The molecule has 0 amide bonds. The maximum atomic E-state index is 8.59. The van der Waals surface area contributed by atoms with E-state index in [9.17, 15) is 0 Å². The van der Waals surface area contributed by atoms with Crippen LogP contribution in [0, 0.1) is 23.2 Å². The molecule has 0 bridgehead atoms. The van der Waals surface area contributed by atoms with E-state index in [1.54, 1.807) is 18.2 Å². The van der Waals surface area contributed by atoms with Crippen LogP contribution in [0.2, 0.25) is 5.02 Å². The molecule has 0 saturated carbocycles. The highest BCUT2D eigenvalue weighted by atomic mass is 35.5. The molecular formula is C10H7ClN2. The van der Waals surface area contributed by atoms with E-state index in [4.69, 9.17) is 22.6 Å². The van der Waals surface area contributed by atoms with Crippen molar-refractivity contribution in [3.8, 4) is 17.9 Å². The molecule has 0 heterocycles. The Morgan fingerprint density at radius 1 is 1.46 bits per heavy atom. The average Bonchev–Trinajstić information content (AvgIpc) is 2.15. The molecular weight excluding hydrogens is 184 g/mol. The summed E-state index contributed by atoms with van der Waals surface area (Å²) in [5, 5.41) is 9.02. The second kappa shape index (κ2) is 4.52. The quantitative estimate of drug-likeness (QED) is 0.631. The van der Waals surface area contributed by atoms with Gasteiger partial charge >= 0.3 is 0 Å². The molecule has 0 unspecified atom stereocenters. The molecule has 1 aromatic rings. The Morgan fingerprint density at radius 2 is 2.23 bits per heavy atom. The van der Waals surface area contributed by atoms with E-state index in [0.717, 1.165) is 5.56 Å². The van der Waals surface area contributed by atoms with Crippen LogP contribution in [0.1, 0.15) is 11.1 Å². The van der Waals surface area contributed by atoms with Gasteiger partial charge in [0.15, 0.2) is 0 Å². The molecule has 0 atom stereocenters. The van der Waals surface area contributed by atoms with Crippen molar-refractivity contribution < 1.29 is 0 Å². The first-order valence-corrected chi connectivity index (χ1v) is 4.04. The molecule has 0 fully saturated rings. The Bertz CT molecular complexity index is 407. The van der Waals surface area contributed by atoms with E-state index in [-0.39, 0.29) is 0 Å². The van der Waals surface area contributed by atoms with Gasteiger partial charge in [0.2, 0.25) is 0 Å². The van der Waals surface area contributed by atoms with Gasteiger partial charge in [0, 0.05) is 5.56 Å². The number of nitrogens with zero attached hydrogens (tertiary/aromatic N) is 1. The number of nitriles is 1. The third kappa shape index (κ3) is 2.49. The largest absolute Gasteiger partial charge is 0.320 e. The van der Waals surface area contributed by atoms with Gasteiger partial charge < -0.3 is 5.73 Å². The van der Waals surface area contributed by atoms with Gasteiger partial charge in [-0.15, -0.1) is 0 Å². The van der Waals surface area contributed by atoms with Crippen LogP contribution in [0.4, 0.5) is 0 Å². The van der Waals surface area contributed by atoms with Gasteiger partial charge in [0.25, 0.3) is 0 Å². The molecule has 13 heavy (non-hydrogen) atoms. The Morgan fingerprint density at radius 3 is 2.77 bits per heavy atom. The van der Waals surface area contributed by atoms with Crippen LogP contribution in [0.25, 0.3) is 0 Å². The Kier molecular flexibility index (Phi) is 3.34. The molecule has 2 nitrogen and oxygen atoms in total. The maximum absolute atomic E-state index is 8.59. The van der Waals surface area contributed by atoms with E-state index >= 15 is 0 Å². The van der Waals surface area contributed by atoms with Crippen LogP contribution < -0.4 is 5.73 Å². The fraction of sp³-hybridized carbons (Fsp3) is 0.100. The lowest BCUT2D eigenvalue weighted by molar-refractivity contribution is 1.30. The molecule has 0 saturated heterocycles. The summed E-state index contributed by atoms with van der Waals surface area (Å²) in [6, 6.07) is 7.01. The second-order valence-corrected chi connectivity index (χ2v) is 2.72. The molecule has 0 aromatic heterocycles. The van der Waals surface area contributed by atoms with Crippen LogP contribution in [0.5, 0.6) is 0 Å². The van der Waals surface area contributed by atoms with E-state index in [2.05, 4.69) is 11.8 Å². The highest BCUT2D eigenvalue weighted by Crippen LogP contribution is 2.15. The first-order valence-electron chi connectivity index (χ1n) is 3.66. The lowest BCUT2D eigenvalue weighted by atomic mass is 10.1. The third-order valence-electron chi connectivity index (χ3n) is 1.42. The molecule has 3 heteroatoms. The van der Waals surface area contributed by atoms with Gasteiger partial charge in [0.1, 0.15) is 6.07 Å². The summed E-state index contributed by atoms with van der Waals surface area (Å²) in [6.45, 7) is 0.317. The zero-order chi connectivity index (χ0) is 9.68. The lowest BCUT2D eigenvalue weighted by Gasteiger charge is -1.94. The van der Waals surface area contributed by atoms with Crippen molar-refractivity contribution >= 4 is 11.6 Å². The summed E-state index contributed by atoms with van der Waals surface area (Å²) < 4.78 is 0. The zero-order valence-corrected chi connectivity index (χ0v) is 7.60. The highest BCUT2D eigenvalue weighted by Gasteiger charge is 1.98. The fourth-order valence-electron chi connectivity index (χ4n) is 0.837. The predicted molar refractivity (Wildman–Crippen MR) is 52.1 cm³/mol. The van der Waals surface area contributed by atoms with E-state index in [1.165, 1.54) is 0 Å². The topological polar surface area (TPSA) is 49.8 Å².